The van der Waals surface area contributed by atoms with Gasteiger partial charge in [-0.3, -0.25) is 0 Å². The lowest BCUT2D eigenvalue weighted by Crippen LogP contribution is -2.07. The number of hydrogen-bond donors (Lipinski definition) is 1. The van der Waals surface area contributed by atoms with Crippen molar-refractivity contribution in [3.8, 4) is 28.4 Å². The number of hydrogen-bond acceptors (Lipinski definition) is 4. The monoisotopic (exact) mass is 414 g/mol. The largest absolute Gasteiger partial charge is 0.497 e. The first-order chi connectivity index (χ1) is 13.0. The lowest BCUT2D eigenvalue weighted by Gasteiger charge is -2.07. The molecule has 3 aromatic rings. The van der Waals surface area contributed by atoms with Crippen LogP contribution in [0.15, 0.2) is 47.4 Å². The predicted octanol–water partition coefficient (Wildman–Crippen LogP) is 4.31. The van der Waals surface area contributed by atoms with E-state index in [-0.39, 0.29) is 33.3 Å². The summed E-state index contributed by atoms with van der Waals surface area (Å²) >= 11 is 0. The van der Waals surface area contributed by atoms with E-state index >= 15 is 0 Å². The molecule has 0 unspecified atom stereocenters. The third kappa shape index (κ3) is 4.01. The minimum absolute atomic E-state index is 0.0283. The van der Waals surface area contributed by atoms with Gasteiger partial charge >= 0.3 is 6.18 Å². The number of sulfone groups is 1. The fraction of sp³-hybridized carbons (Fsp3) is 0.167. The Balaban J connectivity index is 2.15. The minimum Gasteiger partial charge on any atom is -0.497 e. The van der Waals surface area contributed by atoms with Crippen LogP contribution in [0.5, 0.6) is 5.75 Å². The maximum Gasteiger partial charge on any atom is 0.435 e. The number of ether oxygens (including phenoxy) is 1. The topological polar surface area (TPSA) is 72.0 Å². The van der Waals surface area contributed by atoms with Crippen LogP contribution in [0, 0.1) is 5.82 Å². The fourth-order valence-corrected chi connectivity index (χ4v) is 3.24. The third-order valence-corrected chi connectivity index (χ3v) is 5.05. The Labute approximate surface area is 157 Å². The number of nitrogens with one attached hydrogen (secondary N) is 1. The normalized spacial score (nSPS) is 12.2. The Morgan fingerprint density at radius 2 is 1.68 bits per heavy atom. The number of H-pyrrole nitrogens is 1. The molecule has 0 saturated heterocycles. The van der Waals surface area contributed by atoms with Gasteiger partial charge < -0.3 is 9.72 Å². The van der Waals surface area contributed by atoms with Crippen LogP contribution in [0.3, 0.4) is 0 Å². The third-order valence-electron chi connectivity index (χ3n) is 3.92. The van der Waals surface area contributed by atoms with Crippen molar-refractivity contribution in [1.29, 1.82) is 0 Å². The van der Waals surface area contributed by atoms with E-state index in [0.717, 1.165) is 18.4 Å². The molecule has 0 atom stereocenters. The summed E-state index contributed by atoms with van der Waals surface area (Å²) in [5.41, 5.74) is -1.40. The highest BCUT2D eigenvalue weighted by Gasteiger charge is 2.38. The fourth-order valence-electron chi connectivity index (χ4n) is 2.61. The van der Waals surface area contributed by atoms with E-state index in [1.807, 2.05) is 0 Å². The minimum atomic E-state index is -4.78. The molecule has 0 amide bonds. The van der Waals surface area contributed by atoms with Gasteiger partial charge in [-0.15, -0.1) is 0 Å². The van der Waals surface area contributed by atoms with Gasteiger partial charge in [0.1, 0.15) is 17.4 Å². The molecule has 0 bridgehead atoms. The molecule has 148 valence electrons. The molecule has 1 N–H and O–H groups in total. The average molecular weight is 414 g/mol. The van der Waals surface area contributed by atoms with Crippen molar-refractivity contribution >= 4 is 9.84 Å². The number of halogens is 4. The lowest BCUT2D eigenvalue weighted by atomic mass is 10.1. The van der Waals surface area contributed by atoms with E-state index in [9.17, 15) is 26.0 Å². The number of nitrogens with zero attached hydrogens (tertiary/aromatic N) is 1. The summed E-state index contributed by atoms with van der Waals surface area (Å²) in [6, 6.07) is 8.36. The maximum absolute atomic E-state index is 13.7. The van der Waals surface area contributed by atoms with Gasteiger partial charge in [-0.2, -0.15) is 13.2 Å². The molecule has 0 aliphatic heterocycles. The molecule has 5 nitrogen and oxygen atoms in total. The van der Waals surface area contributed by atoms with Crippen LogP contribution < -0.4 is 4.74 Å². The van der Waals surface area contributed by atoms with Gasteiger partial charge in [-0.1, -0.05) is 12.1 Å². The number of benzene rings is 2. The molecular formula is C18H14F4N2O3S. The highest BCUT2D eigenvalue weighted by molar-refractivity contribution is 7.90. The summed E-state index contributed by atoms with van der Waals surface area (Å²) < 4.78 is 82.2. The van der Waals surface area contributed by atoms with Crippen LogP contribution in [0.1, 0.15) is 5.69 Å². The van der Waals surface area contributed by atoms with Crippen molar-refractivity contribution in [3.05, 3.63) is 54.0 Å². The molecule has 0 radical (unpaired) electrons. The molecule has 28 heavy (non-hydrogen) atoms. The Kier molecular flexibility index (Phi) is 4.92. The van der Waals surface area contributed by atoms with E-state index in [2.05, 4.69) is 9.97 Å². The molecule has 1 heterocycles. The summed E-state index contributed by atoms with van der Waals surface area (Å²) in [4.78, 5) is 6.12. The Morgan fingerprint density at radius 1 is 1.04 bits per heavy atom. The average Bonchev–Trinajstić information content (AvgIpc) is 3.06. The van der Waals surface area contributed by atoms with E-state index < -0.39 is 27.5 Å². The van der Waals surface area contributed by atoms with Crippen molar-refractivity contribution in [2.75, 3.05) is 13.4 Å². The lowest BCUT2D eigenvalue weighted by molar-refractivity contribution is -0.140. The second kappa shape index (κ2) is 6.93. The highest BCUT2D eigenvalue weighted by Crippen LogP contribution is 2.38. The number of rotatable bonds is 4. The molecule has 0 fully saturated rings. The first kappa shape index (κ1) is 19.9. The van der Waals surface area contributed by atoms with Crippen LogP contribution in [0.25, 0.3) is 22.6 Å². The van der Waals surface area contributed by atoms with Crippen LogP contribution in [-0.2, 0) is 16.0 Å². The summed E-state index contributed by atoms with van der Waals surface area (Å²) in [6.45, 7) is 0. The van der Waals surface area contributed by atoms with Gasteiger partial charge in [0, 0.05) is 23.4 Å². The molecule has 0 aliphatic carbocycles. The summed E-state index contributed by atoms with van der Waals surface area (Å²) in [5, 5.41) is 0. The van der Waals surface area contributed by atoms with Crippen LogP contribution in [0.4, 0.5) is 17.6 Å². The SMILES string of the molecule is COc1cc(F)cc(-c2nc(C(F)(F)F)c(-c3ccc(S(C)(=O)=O)cc3)[nH]2)c1. The number of aromatic nitrogens is 2. The zero-order valence-electron chi connectivity index (χ0n) is 14.6. The van der Waals surface area contributed by atoms with Crippen LogP contribution >= 0.6 is 0 Å². The van der Waals surface area contributed by atoms with E-state index in [1.54, 1.807) is 0 Å². The molecule has 2 aromatic carbocycles. The van der Waals surface area contributed by atoms with Gasteiger partial charge in [0.05, 0.1) is 17.7 Å². The molecule has 0 saturated carbocycles. The highest BCUT2D eigenvalue weighted by atomic mass is 32.2. The van der Waals surface area contributed by atoms with Crippen molar-refractivity contribution in [2.45, 2.75) is 11.1 Å². The number of imidazole rings is 1. The number of alkyl halides is 3. The molecular weight excluding hydrogens is 400 g/mol. The molecule has 10 heteroatoms. The Hall–Kier alpha value is -2.88. The summed E-state index contributed by atoms with van der Waals surface area (Å²) in [5.74, 6) is -0.773. The van der Waals surface area contributed by atoms with Crippen molar-refractivity contribution in [3.63, 3.8) is 0 Å². The molecule has 3 rings (SSSR count). The summed E-state index contributed by atoms with van der Waals surface area (Å²) in [6.07, 6.45) is -3.79. The maximum atomic E-state index is 13.7. The van der Waals surface area contributed by atoms with Gasteiger partial charge in [0.15, 0.2) is 15.5 Å². The van der Waals surface area contributed by atoms with E-state index in [1.165, 1.54) is 37.4 Å². The smallest absolute Gasteiger partial charge is 0.435 e. The molecule has 0 aliphatic rings. The first-order valence-corrected chi connectivity index (χ1v) is 9.71. The van der Waals surface area contributed by atoms with Crippen LogP contribution in [0.2, 0.25) is 0 Å². The van der Waals surface area contributed by atoms with E-state index in [4.69, 9.17) is 4.74 Å². The van der Waals surface area contributed by atoms with Crippen molar-refractivity contribution < 1.29 is 30.7 Å². The quantitative estimate of drug-likeness (QED) is 0.646. The van der Waals surface area contributed by atoms with Crippen molar-refractivity contribution in [2.24, 2.45) is 0 Å². The van der Waals surface area contributed by atoms with Crippen molar-refractivity contribution in [1.82, 2.24) is 9.97 Å². The Morgan fingerprint density at radius 3 is 2.21 bits per heavy atom. The van der Waals surface area contributed by atoms with E-state index in [0.29, 0.717) is 0 Å². The summed E-state index contributed by atoms with van der Waals surface area (Å²) in [7, 11) is -2.19. The van der Waals surface area contributed by atoms with Gasteiger partial charge in [-0.05, 0) is 24.3 Å². The number of aromatic amines is 1. The van der Waals surface area contributed by atoms with Crippen LogP contribution in [-0.4, -0.2) is 31.8 Å². The van der Waals surface area contributed by atoms with Gasteiger partial charge in [0.2, 0.25) is 0 Å². The molecule has 0 spiro atoms. The zero-order valence-corrected chi connectivity index (χ0v) is 15.5. The van der Waals surface area contributed by atoms with Gasteiger partial charge in [-0.25, -0.2) is 17.8 Å². The first-order valence-electron chi connectivity index (χ1n) is 7.81. The second-order valence-corrected chi connectivity index (χ2v) is 8.00. The second-order valence-electron chi connectivity index (χ2n) is 5.98. The zero-order chi connectivity index (χ0) is 20.7. The standard InChI is InChI=1S/C18H14F4N2O3S/c1-27-13-8-11(7-12(19)9-13)17-23-15(16(24-17)18(20,21)22)10-3-5-14(6-4-10)28(2,25)26/h3-9H,1-2H3,(H,23,24). The Bertz CT molecular complexity index is 1120. The number of methoxy groups -OCH3 is 1. The van der Waals surface area contributed by atoms with Gasteiger partial charge in [0.25, 0.3) is 0 Å². The predicted molar refractivity (Wildman–Crippen MR) is 94.1 cm³/mol. The molecule has 1 aromatic heterocycles.